The van der Waals surface area contributed by atoms with Crippen LogP contribution in [0.15, 0.2) is 0 Å². The van der Waals surface area contributed by atoms with Crippen molar-refractivity contribution in [1.29, 1.82) is 0 Å². The summed E-state index contributed by atoms with van der Waals surface area (Å²) in [6.45, 7) is 6.35. The zero-order valence-corrected chi connectivity index (χ0v) is 15.6. The Labute approximate surface area is 143 Å². The van der Waals surface area contributed by atoms with Crippen LogP contribution in [0.25, 0.3) is 0 Å². The third-order valence-electron chi connectivity index (χ3n) is 4.09. The van der Waals surface area contributed by atoms with E-state index >= 15 is 0 Å². The summed E-state index contributed by atoms with van der Waals surface area (Å²) in [5.41, 5.74) is 0. The topological polar surface area (TPSA) is 58.2 Å². The number of carbonyl (C=O) groups excluding carboxylic acids is 2. The van der Waals surface area contributed by atoms with Gasteiger partial charge in [0, 0.05) is 12.8 Å². The van der Waals surface area contributed by atoms with Crippen LogP contribution in [0.1, 0.15) is 104 Å². The molecule has 4 heteroatoms. The van der Waals surface area contributed by atoms with Gasteiger partial charge in [0.25, 0.3) is 0 Å². The number of amides is 2. The van der Waals surface area contributed by atoms with E-state index in [0.717, 1.165) is 32.1 Å². The molecule has 0 saturated heterocycles. The van der Waals surface area contributed by atoms with E-state index in [0.29, 0.717) is 12.8 Å². The standard InChI is InChI=1S/C19H38N2O2/c1-4-7-9-11-13-15-18(22)20-17(6-3)21-19(23)16-14-12-10-8-5-2/h17H,4-16H2,1-3H3,(H,20,22)(H,21,23). The van der Waals surface area contributed by atoms with Crippen LogP contribution in [-0.4, -0.2) is 18.0 Å². The lowest BCUT2D eigenvalue weighted by Gasteiger charge is -2.18. The number of hydrogen-bond donors (Lipinski definition) is 2. The van der Waals surface area contributed by atoms with Crippen molar-refractivity contribution in [1.82, 2.24) is 10.6 Å². The highest BCUT2D eigenvalue weighted by atomic mass is 16.2. The molecular weight excluding hydrogens is 288 g/mol. The molecule has 136 valence electrons. The fourth-order valence-electron chi connectivity index (χ4n) is 2.55. The van der Waals surface area contributed by atoms with Gasteiger partial charge in [-0.1, -0.05) is 72.1 Å². The fraction of sp³-hybridized carbons (Fsp3) is 0.895. The Morgan fingerprint density at radius 3 is 1.39 bits per heavy atom. The first-order valence-electron chi connectivity index (χ1n) is 9.72. The van der Waals surface area contributed by atoms with Gasteiger partial charge in [0.1, 0.15) is 6.17 Å². The smallest absolute Gasteiger partial charge is 0.221 e. The average Bonchev–Trinajstić information content (AvgIpc) is 2.53. The molecular formula is C19H38N2O2. The summed E-state index contributed by atoms with van der Waals surface area (Å²) in [7, 11) is 0. The highest BCUT2D eigenvalue weighted by molar-refractivity contribution is 5.79. The van der Waals surface area contributed by atoms with E-state index in [4.69, 9.17) is 0 Å². The molecule has 0 rings (SSSR count). The minimum atomic E-state index is -0.221. The van der Waals surface area contributed by atoms with Crippen LogP contribution in [0.2, 0.25) is 0 Å². The lowest BCUT2D eigenvalue weighted by Crippen LogP contribution is -2.47. The molecule has 0 heterocycles. The Kier molecular flexibility index (Phi) is 15.1. The molecule has 0 radical (unpaired) electrons. The van der Waals surface area contributed by atoms with Gasteiger partial charge in [-0.2, -0.15) is 0 Å². The Balaban J connectivity index is 3.77. The predicted molar refractivity (Wildman–Crippen MR) is 97.1 cm³/mol. The molecule has 0 aromatic heterocycles. The van der Waals surface area contributed by atoms with E-state index in [1.54, 1.807) is 0 Å². The summed E-state index contributed by atoms with van der Waals surface area (Å²) >= 11 is 0. The van der Waals surface area contributed by atoms with Crippen molar-refractivity contribution >= 4 is 11.8 Å². The first-order valence-corrected chi connectivity index (χ1v) is 9.72. The van der Waals surface area contributed by atoms with Gasteiger partial charge in [-0.3, -0.25) is 9.59 Å². The van der Waals surface area contributed by atoms with Gasteiger partial charge in [-0.25, -0.2) is 0 Å². The molecule has 0 spiro atoms. The number of hydrogen-bond acceptors (Lipinski definition) is 2. The molecule has 0 bridgehead atoms. The molecule has 2 N–H and O–H groups in total. The second-order valence-corrected chi connectivity index (χ2v) is 6.42. The molecule has 23 heavy (non-hydrogen) atoms. The third kappa shape index (κ3) is 14.3. The van der Waals surface area contributed by atoms with Crippen molar-refractivity contribution < 1.29 is 9.59 Å². The van der Waals surface area contributed by atoms with Crippen LogP contribution in [0.3, 0.4) is 0 Å². The summed E-state index contributed by atoms with van der Waals surface area (Å²) in [5, 5.41) is 5.86. The molecule has 2 amide bonds. The number of nitrogens with one attached hydrogen (secondary N) is 2. The summed E-state index contributed by atoms with van der Waals surface area (Å²) in [5.74, 6) is 0.105. The summed E-state index contributed by atoms with van der Waals surface area (Å²) in [4.78, 5) is 23.8. The molecule has 0 saturated carbocycles. The van der Waals surface area contributed by atoms with Gasteiger partial charge >= 0.3 is 0 Å². The van der Waals surface area contributed by atoms with Gasteiger partial charge in [0.05, 0.1) is 0 Å². The van der Waals surface area contributed by atoms with Crippen LogP contribution >= 0.6 is 0 Å². The van der Waals surface area contributed by atoms with E-state index in [1.807, 2.05) is 6.92 Å². The van der Waals surface area contributed by atoms with Gasteiger partial charge in [-0.15, -0.1) is 0 Å². The monoisotopic (exact) mass is 326 g/mol. The van der Waals surface area contributed by atoms with Crippen molar-refractivity contribution in [2.75, 3.05) is 0 Å². The predicted octanol–water partition coefficient (Wildman–Crippen LogP) is 4.68. The molecule has 0 unspecified atom stereocenters. The Morgan fingerprint density at radius 2 is 1.04 bits per heavy atom. The van der Waals surface area contributed by atoms with Crippen molar-refractivity contribution in [3.63, 3.8) is 0 Å². The highest BCUT2D eigenvalue weighted by Gasteiger charge is 2.12. The lowest BCUT2D eigenvalue weighted by molar-refractivity contribution is -0.124. The normalized spacial score (nSPS) is 10.8. The highest BCUT2D eigenvalue weighted by Crippen LogP contribution is 2.06. The molecule has 0 atom stereocenters. The molecule has 0 aliphatic carbocycles. The van der Waals surface area contributed by atoms with Crippen LogP contribution in [-0.2, 0) is 9.59 Å². The van der Waals surface area contributed by atoms with Crippen molar-refractivity contribution in [2.24, 2.45) is 0 Å². The van der Waals surface area contributed by atoms with E-state index in [9.17, 15) is 9.59 Å². The van der Waals surface area contributed by atoms with Gasteiger partial charge in [-0.05, 0) is 19.3 Å². The maximum Gasteiger partial charge on any atom is 0.221 e. The SMILES string of the molecule is CCCCCCCC(=O)NC(CC)NC(=O)CCCCCCC. The molecule has 0 fully saturated rings. The molecule has 0 aliphatic heterocycles. The van der Waals surface area contributed by atoms with Crippen molar-refractivity contribution in [2.45, 2.75) is 110 Å². The van der Waals surface area contributed by atoms with E-state index < -0.39 is 0 Å². The first kappa shape index (κ1) is 21.9. The lowest BCUT2D eigenvalue weighted by atomic mass is 10.1. The van der Waals surface area contributed by atoms with Gasteiger partial charge in [0.2, 0.25) is 11.8 Å². The largest absolute Gasteiger partial charge is 0.336 e. The van der Waals surface area contributed by atoms with Gasteiger partial charge in [0.15, 0.2) is 0 Å². The van der Waals surface area contributed by atoms with Crippen LogP contribution in [0.5, 0.6) is 0 Å². The summed E-state index contributed by atoms with van der Waals surface area (Å²) < 4.78 is 0. The first-order chi connectivity index (χ1) is 11.1. The quantitative estimate of drug-likeness (QED) is 0.339. The number of carbonyl (C=O) groups is 2. The van der Waals surface area contributed by atoms with Crippen molar-refractivity contribution in [3.05, 3.63) is 0 Å². The maximum atomic E-state index is 11.9. The number of unbranched alkanes of at least 4 members (excludes halogenated alkanes) is 8. The molecule has 0 aliphatic rings. The second kappa shape index (κ2) is 15.8. The zero-order chi connectivity index (χ0) is 17.3. The molecule has 0 aromatic carbocycles. The van der Waals surface area contributed by atoms with Crippen molar-refractivity contribution in [3.8, 4) is 0 Å². The zero-order valence-electron chi connectivity index (χ0n) is 15.6. The van der Waals surface area contributed by atoms with Crippen LogP contribution < -0.4 is 10.6 Å². The van der Waals surface area contributed by atoms with Crippen LogP contribution in [0, 0.1) is 0 Å². The summed E-state index contributed by atoms with van der Waals surface area (Å²) in [6.07, 6.45) is 13.1. The Hall–Kier alpha value is -1.06. The average molecular weight is 327 g/mol. The minimum absolute atomic E-state index is 0.0524. The Bertz CT molecular complexity index is 278. The Morgan fingerprint density at radius 1 is 0.652 bits per heavy atom. The molecule has 4 nitrogen and oxygen atoms in total. The maximum absolute atomic E-state index is 11.9. The third-order valence-corrected chi connectivity index (χ3v) is 4.09. The molecule has 0 aromatic rings. The van der Waals surface area contributed by atoms with Gasteiger partial charge < -0.3 is 10.6 Å². The van der Waals surface area contributed by atoms with E-state index in [-0.39, 0.29) is 18.0 Å². The minimum Gasteiger partial charge on any atom is -0.336 e. The number of rotatable bonds is 15. The van der Waals surface area contributed by atoms with Crippen LogP contribution in [0.4, 0.5) is 0 Å². The van der Waals surface area contributed by atoms with E-state index in [2.05, 4.69) is 24.5 Å². The fourth-order valence-corrected chi connectivity index (χ4v) is 2.55. The second-order valence-electron chi connectivity index (χ2n) is 6.42. The summed E-state index contributed by atoms with van der Waals surface area (Å²) in [6, 6.07) is 0. The van der Waals surface area contributed by atoms with E-state index in [1.165, 1.54) is 38.5 Å².